The summed E-state index contributed by atoms with van der Waals surface area (Å²) < 4.78 is 5.96. The van der Waals surface area contributed by atoms with Crippen molar-refractivity contribution in [3.63, 3.8) is 0 Å². The van der Waals surface area contributed by atoms with Crippen LogP contribution >= 0.6 is 0 Å². The summed E-state index contributed by atoms with van der Waals surface area (Å²) in [5, 5.41) is 3.64. The minimum Gasteiger partial charge on any atom is -0.472 e. The van der Waals surface area contributed by atoms with E-state index >= 15 is 0 Å². The minimum absolute atomic E-state index is 0.0872. The summed E-state index contributed by atoms with van der Waals surface area (Å²) in [6.07, 6.45) is 1.52. The van der Waals surface area contributed by atoms with E-state index in [4.69, 9.17) is 4.74 Å². The molecule has 0 aliphatic carbocycles. The molecule has 4 aromatic rings. The van der Waals surface area contributed by atoms with Gasteiger partial charge in [-0.15, -0.1) is 0 Å². The molecule has 0 fully saturated rings. The maximum absolute atomic E-state index is 11.2. The molecular formula is C23H19N3O2. The molecule has 28 heavy (non-hydrogen) atoms. The molecule has 1 amide bonds. The van der Waals surface area contributed by atoms with Crippen molar-refractivity contribution in [3.05, 3.63) is 84.7 Å². The van der Waals surface area contributed by atoms with Gasteiger partial charge < -0.3 is 10.1 Å². The molecule has 0 saturated heterocycles. The third-order valence-corrected chi connectivity index (χ3v) is 4.36. The molecule has 0 aliphatic heterocycles. The molecule has 3 aromatic carbocycles. The number of ether oxygens (including phenoxy) is 1. The summed E-state index contributed by atoms with van der Waals surface area (Å²) in [6.45, 7) is 1.94. The lowest BCUT2D eigenvalue weighted by molar-refractivity contribution is -0.114. The standard InChI is InChI=1S/C23H19N3O2/c1-16(27)26-20-10-7-18(8-11-20)19-9-12-22-21(13-19)23(25-15-24-22)28-14-17-5-3-2-4-6-17/h2-13,15H,14H2,1H3,(H,26,27). The molecule has 0 spiro atoms. The van der Waals surface area contributed by atoms with Crippen molar-refractivity contribution in [3.8, 4) is 17.0 Å². The van der Waals surface area contributed by atoms with Gasteiger partial charge in [0.05, 0.1) is 10.9 Å². The van der Waals surface area contributed by atoms with Gasteiger partial charge in [0.15, 0.2) is 0 Å². The first-order valence-corrected chi connectivity index (χ1v) is 8.98. The van der Waals surface area contributed by atoms with Gasteiger partial charge in [0, 0.05) is 12.6 Å². The second-order valence-corrected chi connectivity index (χ2v) is 6.44. The summed E-state index contributed by atoms with van der Waals surface area (Å²) >= 11 is 0. The van der Waals surface area contributed by atoms with Crippen LogP contribution in [-0.2, 0) is 11.4 Å². The van der Waals surface area contributed by atoms with Crippen LogP contribution in [0, 0.1) is 0 Å². The Morgan fingerprint density at radius 2 is 1.68 bits per heavy atom. The molecule has 5 heteroatoms. The van der Waals surface area contributed by atoms with E-state index in [1.165, 1.54) is 13.3 Å². The van der Waals surface area contributed by atoms with E-state index in [9.17, 15) is 4.79 Å². The fourth-order valence-corrected chi connectivity index (χ4v) is 3.00. The average molecular weight is 369 g/mol. The number of hydrogen-bond acceptors (Lipinski definition) is 4. The average Bonchev–Trinajstić information content (AvgIpc) is 2.73. The minimum atomic E-state index is -0.0872. The maximum atomic E-state index is 11.2. The summed E-state index contributed by atoms with van der Waals surface area (Å²) in [6, 6.07) is 23.7. The smallest absolute Gasteiger partial charge is 0.224 e. The first-order valence-electron chi connectivity index (χ1n) is 8.98. The lowest BCUT2D eigenvalue weighted by atomic mass is 10.0. The van der Waals surface area contributed by atoms with Crippen LogP contribution in [0.4, 0.5) is 5.69 Å². The Kier molecular flexibility index (Phi) is 4.97. The first kappa shape index (κ1) is 17.7. The number of hydrogen-bond donors (Lipinski definition) is 1. The van der Waals surface area contributed by atoms with E-state index in [0.29, 0.717) is 12.5 Å². The molecule has 0 bridgehead atoms. The largest absolute Gasteiger partial charge is 0.472 e. The molecule has 4 rings (SSSR count). The molecule has 1 N–H and O–H groups in total. The number of benzene rings is 3. The van der Waals surface area contributed by atoms with Crippen molar-refractivity contribution in [1.82, 2.24) is 9.97 Å². The number of carbonyl (C=O) groups is 1. The van der Waals surface area contributed by atoms with Gasteiger partial charge in [-0.2, -0.15) is 0 Å². The van der Waals surface area contributed by atoms with Gasteiger partial charge in [-0.3, -0.25) is 4.79 Å². The highest BCUT2D eigenvalue weighted by molar-refractivity contribution is 5.90. The van der Waals surface area contributed by atoms with E-state index in [1.807, 2.05) is 72.8 Å². The normalized spacial score (nSPS) is 10.6. The number of carbonyl (C=O) groups excluding carboxylic acids is 1. The molecule has 138 valence electrons. The highest BCUT2D eigenvalue weighted by Crippen LogP contribution is 2.29. The van der Waals surface area contributed by atoms with Gasteiger partial charge in [-0.1, -0.05) is 48.5 Å². The van der Waals surface area contributed by atoms with E-state index in [1.54, 1.807) is 0 Å². The second-order valence-electron chi connectivity index (χ2n) is 6.44. The fraction of sp³-hybridized carbons (Fsp3) is 0.0870. The Morgan fingerprint density at radius 1 is 0.929 bits per heavy atom. The Balaban J connectivity index is 1.63. The van der Waals surface area contributed by atoms with Crippen LogP contribution in [0.5, 0.6) is 5.88 Å². The van der Waals surface area contributed by atoms with Gasteiger partial charge in [0.2, 0.25) is 11.8 Å². The first-order chi connectivity index (χ1) is 13.7. The van der Waals surface area contributed by atoms with Gasteiger partial charge in [-0.25, -0.2) is 9.97 Å². The van der Waals surface area contributed by atoms with Crippen molar-refractivity contribution in [2.45, 2.75) is 13.5 Å². The third kappa shape index (κ3) is 3.99. The van der Waals surface area contributed by atoms with E-state index in [-0.39, 0.29) is 5.91 Å². The Hall–Kier alpha value is -3.73. The molecule has 1 aromatic heterocycles. The van der Waals surface area contributed by atoms with Crippen LogP contribution in [0.2, 0.25) is 0 Å². The molecule has 0 atom stereocenters. The molecule has 0 radical (unpaired) electrons. The zero-order valence-corrected chi connectivity index (χ0v) is 15.4. The van der Waals surface area contributed by atoms with Crippen molar-refractivity contribution in [2.75, 3.05) is 5.32 Å². The lowest BCUT2D eigenvalue weighted by Gasteiger charge is -2.10. The molecular weight excluding hydrogens is 350 g/mol. The summed E-state index contributed by atoms with van der Waals surface area (Å²) in [7, 11) is 0. The van der Waals surface area contributed by atoms with Crippen LogP contribution in [0.1, 0.15) is 12.5 Å². The van der Waals surface area contributed by atoms with E-state index < -0.39 is 0 Å². The number of amides is 1. The number of fused-ring (bicyclic) bond motifs is 1. The predicted molar refractivity (Wildman–Crippen MR) is 110 cm³/mol. The number of nitrogens with zero attached hydrogens (tertiary/aromatic N) is 2. The maximum Gasteiger partial charge on any atom is 0.224 e. The van der Waals surface area contributed by atoms with E-state index in [0.717, 1.165) is 33.3 Å². The number of anilines is 1. The van der Waals surface area contributed by atoms with Crippen molar-refractivity contribution in [2.24, 2.45) is 0 Å². The molecule has 5 nitrogen and oxygen atoms in total. The fourth-order valence-electron chi connectivity index (χ4n) is 3.00. The molecule has 0 unspecified atom stereocenters. The van der Waals surface area contributed by atoms with Gasteiger partial charge in [-0.05, 0) is 41.0 Å². The van der Waals surface area contributed by atoms with Crippen LogP contribution < -0.4 is 10.1 Å². The zero-order valence-electron chi connectivity index (χ0n) is 15.4. The van der Waals surface area contributed by atoms with Gasteiger partial charge in [0.25, 0.3) is 0 Å². The summed E-state index contributed by atoms with van der Waals surface area (Å²) in [4.78, 5) is 19.8. The van der Waals surface area contributed by atoms with Crippen LogP contribution in [0.25, 0.3) is 22.0 Å². The quantitative estimate of drug-likeness (QED) is 0.547. The van der Waals surface area contributed by atoms with Gasteiger partial charge in [0.1, 0.15) is 12.9 Å². The van der Waals surface area contributed by atoms with Crippen molar-refractivity contribution in [1.29, 1.82) is 0 Å². The van der Waals surface area contributed by atoms with Gasteiger partial charge >= 0.3 is 0 Å². The predicted octanol–water partition coefficient (Wildman–Crippen LogP) is 4.83. The number of rotatable bonds is 5. The van der Waals surface area contributed by atoms with Crippen LogP contribution in [0.15, 0.2) is 79.1 Å². The Bertz CT molecular complexity index is 1110. The number of aromatic nitrogens is 2. The molecule has 1 heterocycles. The second kappa shape index (κ2) is 7.88. The highest BCUT2D eigenvalue weighted by atomic mass is 16.5. The van der Waals surface area contributed by atoms with Crippen LogP contribution in [0.3, 0.4) is 0 Å². The molecule has 0 saturated carbocycles. The Morgan fingerprint density at radius 3 is 2.43 bits per heavy atom. The monoisotopic (exact) mass is 369 g/mol. The van der Waals surface area contributed by atoms with E-state index in [2.05, 4.69) is 15.3 Å². The summed E-state index contributed by atoms with van der Waals surface area (Å²) in [5.74, 6) is 0.474. The highest BCUT2D eigenvalue weighted by Gasteiger charge is 2.08. The number of nitrogens with one attached hydrogen (secondary N) is 1. The topological polar surface area (TPSA) is 64.1 Å². The van der Waals surface area contributed by atoms with Crippen LogP contribution in [-0.4, -0.2) is 15.9 Å². The van der Waals surface area contributed by atoms with Crippen molar-refractivity contribution < 1.29 is 9.53 Å². The Labute approximate surface area is 163 Å². The lowest BCUT2D eigenvalue weighted by Crippen LogP contribution is -2.05. The molecule has 0 aliphatic rings. The van der Waals surface area contributed by atoms with Crippen molar-refractivity contribution >= 4 is 22.5 Å². The summed E-state index contributed by atoms with van der Waals surface area (Å²) in [5.41, 5.74) is 4.75. The third-order valence-electron chi connectivity index (χ3n) is 4.36. The zero-order chi connectivity index (χ0) is 19.3. The SMILES string of the molecule is CC(=O)Nc1ccc(-c2ccc3ncnc(OCc4ccccc4)c3c2)cc1.